The molecular formula is C26H27N3O3. The zero-order chi connectivity index (χ0) is 23.1. The molecule has 0 radical (unpaired) electrons. The van der Waals surface area contributed by atoms with E-state index in [0.29, 0.717) is 28.1 Å². The highest BCUT2D eigenvalue weighted by molar-refractivity contribution is 5.88. The average Bonchev–Trinajstić information content (AvgIpc) is 2.79. The Labute approximate surface area is 187 Å². The van der Waals surface area contributed by atoms with Gasteiger partial charge in [0.05, 0.1) is 24.0 Å². The summed E-state index contributed by atoms with van der Waals surface area (Å²) in [6.07, 6.45) is 7.19. The van der Waals surface area contributed by atoms with E-state index in [1.54, 1.807) is 25.1 Å². The maximum absolute atomic E-state index is 13.5. The quantitative estimate of drug-likeness (QED) is 0.396. The first-order valence-electron chi connectivity index (χ1n) is 10.5. The van der Waals surface area contributed by atoms with E-state index in [1.807, 2.05) is 67.0 Å². The molecule has 0 spiro atoms. The summed E-state index contributed by atoms with van der Waals surface area (Å²) in [4.78, 5) is 30.6. The molecular weight excluding hydrogens is 402 g/mol. The molecule has 0 unspecified atom stereocenters. The molecule has 0 aliphatic rings. The Kier molecular flexibility index (Phi) is 7.39. The number of rotatable bonds is 8. The Balaban J connectivity index is 2.43. The molecule has 3 aromatic rings. The SMILES string of the molecule is C=C/C(=C\C=C/C)n1c(Nc2ccccc2)c(CC(=O)OCC)c(=O)c2ccc(C)nc21. The number of carbonyl (C=O) groups excluding carboxylic acids is 1. The van der Waals surface area contributed by atoms with Crippen LogP contribution >= 0.6 is 0 Å². The van der Waals surface area contributed by atoms with Crippen molar-refractivity contribution in [3.8, 4) is 0 Å². The molecule has 1 aromatic carbocycles. The fourth-order valence-corrected chi connectivity index (χ4v) is 3.39. The Bertz CT molecular complexity index is 1250. The van der Waals surface area contributed by atoms with Crippen molar-refractivity contribution in [1.29, 1.82) is 0 Å². The third-order valence-electron chi connectivity index (χ3n) is 4.84. The van der Waals surface area contributed by atoms with Crippen molar-refractivity contribution in [2.24, 2.45) is 0 Å². The van der Waals surface area contributed by atoms with Crippen LogP contribution in [0.2, 0.25) is 0 Å². The second-order valence-electron chi connectivity index (χ2n) is 7.11. The van der Waals surface area contributed by atoms with Crippen LogP contribution in [-0.4, -0.2) is 22.1 Å². The minimum atomic E-state index is -0.468. The molecule has 3 rings (SSSR count). The molecule has 2 aromatic heterocycles. The van der Waals surface area contributed by atoms with Crippen LogP contribution in [0.4, 0.5) is 11.5 Å². The molecule has 0 bridgehead atoms. The first kappa shape index (κ1) is 22.7. The molecule has 0 saturated heterocycles. The first-order chi connectivity index (χ1) is 15.5. The summed E-state index contributed by atoms with van der Waals surface area (Å²) in [6.45, 7) is 9.72. The van der Waals surface area contributed by atoms with Gasteiger partial charge in [0.1, 0.15) is 11.5 Å². The van der Waals surface area contributed by atoms with Gasteiger partial charge in [0, 0.05) is 17.1 Å². The first-order valence-corrected chi connectivity index (χ1v) is 10.5. The largest absolute Gasteiger partial charge is 0.466 e. The molecule has 164 valence electrons. The number of hydrogen-bond donors (Lipinski definition) is 1. The molecule has 6 heteroatoms. The lowest BCUT2D eigenvalue weighted by atomic mass is 10.1. The van der Waals surface area contributed by atoms with Gasteiger partial charge in [-0.3, -0.25) is 14.2 Å². The molecule has 0 aliphatic heterocycles. The lowest BCUT2D eigenvalue weighted by molar-refractivity contribution is -0.142. The van der Waals surface area contributed by atoms with E-state index in [-0.39, 0.29) is 18.5 Å². The van der Waals surface area contributed by atoms with Crippen LogP contribution in [-0.2, 0) is 16.0 Å². The molecule has 0 fully saturated rings. The molecule has 1 N–H and O–H groups in total. The van der Waals surface area contributed by atoms with Crippen molar-refractivity contribution in [2.75, 3.05) is 11.9 Å². The summed E-state index contributed by atoms with van der Waals surface area (Å²) >= 11 is 0. The van der Waals surface area contributed by atoms with E-state index >= 15 is 0 Å². The number of esters is 1. The maximum Gasteiger partial charge on any atom is 0.310 e. The summed E-state index contributed by atoms with van der Waals surface area (Å²) in [7, 11) is 0. The highest BCUT2D eigenvalue weighted by atomic mass is 16.5. The number of nitrogens with one attached hydrogen (secondary N) is 1. The van der Waals surface area contributed by atoms with Gasteiger partial charge >= 0.3 is 5.97 Å². The molecule has 32 heavy (non-hydrogen) atoms. The van der Waals surface area contributed by atoms with Crippen LogP contribution in [0.5, 0.6) is 0 Å². The second-order valence-corrected chi connectivity index (χ2v) is 7.11. The van der Waals surface area contributed by atoms with Crippen LogP contribution in [0.15, 0.2) is 78.1 Å². The van der Waals surface area contributed by atoms with E-state index in [1.165, 1.54) is 0 Å². The zero-order valence-corrected chi connectivity index (χ0v) is 18.6. The lowest BCUT2D eigenvalue weighted by Gasteiger charge is -2.22. The highest BCUT2D eigenvalue weighted by Crippen LogP contribution is 2.28. The zero-order valence-electron chi connectivity index (χ0n) is 18.6. The summed E-state index contributed by atoms with van der Waals surface area (Å²) in [6, 6.07) is 13.0. The van der Waals surface area contributed by atoms with E-state index in [0.717, 1.165) is 11.4 Å². The third kappa shape index (κ3) is 4.86. The number of aryl methyl sites for hydroxylation is 1. The van der Waals surface area contributed by atoms with Crippen molar-refractivity contribution in [3.05, 3.63) is 94.8 Å². The minimum Gasteiger partial charge on any atom is -0.466 e. The predicted molar refractivity (Wildman–Crippen MR) is 130 cm³/mol. The van der Waals surface area contributed by atoms with Gasteiger partial charge in [-0.2, -0.15) is 0 Å². The summed E-state index contributed by atoms with van der Waals surface area (Å²) < 4.78 is 6.98. The smallest absolute Gasteiger partial charge is 0.310 e. The Hall–Kier alpha value is -3.93. The van der Waals surface area contributed by atoms with Crippen LogP contribution in [0, 0.1) is 6.92 Å². The number of pyridine rings is 2. The van der Waals surface area contributed by atoms with Gasteiger partial charge in [-0.25, -0.2) is 4.98 Å². The van der Waals surface area contributed by atoms with Gasteiger partial charge in [0.2, 0.25) is 0 Å². The maximum atomic E-state index is 13.5. The van der Waals surface area contributed by atoms with E-state index in [2.05, 4.69) is 16.9 Å². The third-order valence-corrected chi connectivity index (χ3v) is 4.84. The van der Waals surface area contributed by atoms with Gasteiger partial charge in [0.25, 0.3) is 0 Å². The molecule has 6 nitrogen and oxygen atoms in total. The Morgan fingerprint density at radius 1 is 1.22 bits per heavy atom. The van der Waals surface area contributed by atoms with E-state index in [4.69, 9.17) is 4.74 Å². The van der Waals surface area contributed by atoms with E-state index < -0.39 is 5.97 Å². The van der Waals surface area contributed by atoms with Gasteiger partial charge in [-0.15, -0.1) is 0 Å². The standard InChI is InChI=1S/C26H27N3O3/c1-5-8-14-20(6-2)29-25-21(16-15-18(4)27-25)24(31)22(17-23(30)32-7-3)26(29)28-19-12-10-9-11-13-19/h5-6,8-16,28H,2,7,17H2,1,3-4H3/b8-5-,20-14+. The number of hydrogen-bond acceptors (Lipinski definition) is 5. The van der Waals surface area contributed by atoms with E-state index in [9.17, 15) is 9.59 Å². The normalized spacial score (nSPS) is 11.7. The average molecular weight is 430 g/mol. The number of ether oxygens (including phenoxy) is 1. The number of anilines is 2. The molecule has 0 saturated carbocycles. The fraction of sp³-hybridized carbons (Fsp3) is 0.192. The van der Waals surface area contributed by atoms with Crippen molar-refractivity contribution >= 4 is 34.2 Å². The van der Waals surface area contributed by atoms with Gasteiger partial charge < -0.3 is 10.1 Å². The predicted octanol–water partition coefficient (Wildman–Crippen LogP) is 5.16. The fourth-order valence-electron chi connectivity index (χ4n) is 3.39. The Morgan fingerprint density at radius 3 is 2.62 bits per heavy atom. The highest BCUT2D eigenvalue weighted by Gasteiger charge is 2.22. The van der Waals surface area contributed by atoms with Gasteiger partial charge in [0.15, 0.2) is 5.43 Å². The van der Waals surface area contributed by atoms with Crippen LogP contribution in [0.25, 0.3) is 16.7 Å². The summed E-state index contributed by atoms with van der Waals surface area (Å²) in [5, 5.41) is 3.75. The number of para-hydroxylation sites is 1. The molecule has 0 amide bonds. The number of benzene rings is 1. The van der Waals surface area contributed by atoms with Crippen LogP contribution in [0.3, 0.4) is 0 Å². The number of carbonyl (C=O) groups is 1. The van der Waals surface area contributed by atoms with Crippen LogP contribution in [0.1, 0.15) is 25.1 Å². The van der Waals surface area contributed by atoms with Gasteiger partial charge in [-0.1, -0.05) is 36.9 Å². The number of allylic oxidation sites excluding steroid dienone is 5. The van der Waals surface area contributed by atoms with Crippen LogP contribution < -0.4 is 10.7 Å². The summed E-state index contributed by atoms with van der Waals surface area (Å²) in [5.41, 5.74) is 2.77. The minimum absolute atomic E-state index is 0.167. The molecule has 0 aliphatic carbocycles. The lowest BCUT2D eigenvalue weighted by Crippen LogP contribution is -2.23. The Morgan fingerprint density at radius 2 is 1.97 bits per heavy atom. The number of fused-ring (bicyclic) bond motifs is 1. The number of aromatic nitrogens is 2. The second kappa shape index (κ2) is 10.4. The van der Waals surface area contributed by atoms with Crippen molar-refractivity contribution in [2.45, 2.75) is 27.2 Å². The summed E-state index contributed by atoms with van der Waals surface area (Å²) in [5.74, 6) is -0.0141. The molecule has 2 heterocycles. The monoisotopic (exact) mass is 429 g/mol. The topological polar surface area (TPSA) is 73.2 Å². The molecule has 0 atom stereocenters. The number of nitrogens with zero attached hydrogens (tertiary/aromatic N) is 2. The van der Waals surface area contributed by atoms with Crippen molar-refractivity contribution < 1.29 is 9.53 Å². The van der Waals surface area contributed by atoms with Crippen molar-refractivity contribution in [1.82, 2.24) is 9.55 Å². The van der Waals surface area contributed by atoms with Gasteiger partial charge in [-0.05, 0) is 57.2 Å². The van der Waals surface area contributed by atoms with Crippen molar-refractivity contribution in [3.63, 3.8) is 0 Å².